The molecule has 1 fully saturated rings. The van der Waals surface area contributed by atoms with Crippen LogP contribution < -0.4 is 0 Å². The van der Waals surface area contributed by atoms with E-state index < -0.39 is 0 Å². The molecule has 0 heteroatoms. The minimum Gasteiger partial charge on any atom is -0.0651 e. The van der Waals surface area contributed by atoms with Crippen LogP contribution in [-0.4, -0.2) is 0 Å². The van der Waals surface area contributed by atoms with Gasteiger partial charge in [-0.25, -0.2) is 0 Å². The summed E-state index contributed by atoms with van der Waals surface area (Å²) in [6.07, 6.45) is 2.88. The number of hydrogen-bond donors (Lipinski definition) is 0. The van der Waals surface area contributed by atoms with E-state index in [1.807, 2.05) is 0 Å². The molecule has 0 bridgehead atoms. The van der Waals surface area contributed by atoms with E-state index in [0.29, 0.717) is 0 Å². The summed E-state index contributed by atoms with van der Waals surface area (Å²) in [5, 5.41) is 0. The fourth-order valence-electron chi connectivity index (χ4n) is 1.96. The molecule has 3 atom stereocenters. The van der Waals surface area contributed by atoms with Gasteiger partial charge in [-0.1, -0.05) is 34.1 Å². The Hall–Kier alpha value is 0. The van der Waals surface area contributed by atoms with Crippen molar-refractivity contribution in [3.63, 3.8) is 0 Å². The van der Waals surface area contributed by atoms with Crippen molar-refractivity contribution in [3.05, 3.63) is 0 Å². The lowest BCUT2D eigenvalue weighted by molar-refractivity contribution is 0.415. The largest absolute Gasteiger partial charge is 0.0651 e. The van der Waals surface area contributed by atoms with Gasteiger partial charge in [0, 0.05) is 0 Å². The van der Waals surface area contributed by atoms with Crippen LogP contribution in [0.1, 0.15) is 40.5 Å². The molecule has 0 N–H and O–H groups in total. The highest BCUT2D eigenvalue weighted by Gasteiger charge is 2.41. The van der Waals surface area contributed by atoms with Crippen molar-refractivity contribution in [1.82, 2.24) is 0 Å². The van der Waals surface area contributed by atoms with Crippen LogP contribution >= 0.6 is 0 Å². The van der Waals surface area contributed by atoms with Crippen LogP contribution in [0, 0.1) is 23.7 Å². The van der Waals surface area contributed by atoms with Crippen LogP contribution in [0.3, 0.4) is 0 Å². The Labute approximate surface area is 65.0 Å². The fraction of sp³-hybridized carbons (Fsp3) is 1.00. The van der Waals surface area contributed by atoms with E-state index in [9.17, 15) is 0 Å². The molecule has 0 aromatic rings. The second-order valence-corrected chi connectivity index (χ2v) is 4.19. The molecule has 10 heavy (non-hydrogen) atoms. The molecule has 0 amide bonds. The highest BCUT2D eigenvalue weighted by atomic mass is 14.5. The van der Waals surface area contributed by atoms with Crippen molar-refractivity contribution < 1.29 is 0 Å². The van der Waals surface area contributed by atoms with E-state index in [0.717, 1.165) is 23.7 Å². The molecule has 0 spiro atoms. The molecule has 0 aromatic heterocycles. The minimum atomic E-state index is 0.930. The average Bonchev–Trinajstić information content (AvgIpc) is 2.64. The van der Waals surface area contributed by atoms with Gasteiger partial charge in [0.2, 0.25) is 0 Å². The van der Waals surface area contributed by atoms with Crippen molar-refractivity contribution in [2.75, 3.05) is 0 Å². The maximum Gasteiger partial charge on any atom is -0.0355 e. The van der Waals surface area contributed by atoms with Gasteiger partial charge in [0.15, 0.2) is 0 Å². The second kappa shape index (κ2) is 2.94. The molecule has 1 aliphatic carbocycles. The first kappa shape index (κ1) is 8.10. The first-order valence-corrected chi connectivity index (χ1v) is 4.66. The Bertz CT molecular complexity index is 105. The predicted molar refractivity (Wildman–Crippen MR) is 45.9 cm³/mol. The minimum absolute atomic E-state index is 0.930. The SMILES string of the molecule is CCC(C)C1CC1C(C)C. The normalized spacial score (nSPS) is 34.5. The van der Waals surface area contributed by atoms with Gasteiger partial charge < -0.3 is 0 Å². The molecule has 1 saturated carbocycles. The summed E-state index contributed by atoms with van der Waals surface area (Å²) in [5.41, 5.74) is 0. The average molecular weight is 140 g/mol. The molecule has 3 unspecified atom stereocenters. The quantitative estimate of drug-likeness (QED) is 0.564. The first-order valence-electron chi connectivity index (χ1n) is 4.66. The third-order valence-electron chi connectivity index (χ3n) is 3.12. The zero-order valence-corrected chi connectivity index (χ0v) is 7.72. The Kier molecular flexibility index (Phi) is 2.38. The molecule has 1 rings (SSSR count). The maximum absolute atomic E-state index is 2.40. The Morgan fingerprint density at radius 2 is 1.80 bits per heavy atom. The van der Waals surface area contributed by atoms with E-state index in [1.54, 1.807) is 0 Å². The molecule has 60 valence electrons. The van der Waals surface area contributed by atoms with Crippen molar-refractivity contribution >= 4 is 0 Å². The van der Waals surface area contributed by atoms with Gasteiger partial charge in [-0.3, -0.25) is 0 Å². The third kappa shape index (κ3) is 1.53. The van der Waals surface area contributed by atoms with Crippen LogP contribution in [0.15, 0.2) is 0 Å². The summed E-state index contributed by atoms with van der Waals surface area (Å²) in [7, 11) is 0. The zero-order valence-electron chi connectivity index (χ0n) is 7.72. The molecule has 0 heterocycles. The molecular weight excluding hydrogens is 120 g/mol. The van der Waals surface area contributed by atoms with Gasteiger partial charge in [0.05, 0.1) is 0 Å². The fourth-order valence-corrected chi connectivity index (χ4v) is 1.96. The standard InChI is InChI=1S/C10H20/c1-5-8(4)10-6-9(10)7(2)3/h7-10H,5-6H2,1-4H3. The van der Waals surface area contributed by atoms with E-state index in [4.69, 9.17) is 0 Å². The summed E-state index contributed by atoms with van der Waals surface area (Å²) in [6, 6.07) is 0. The second-order valence-electron chi connectivity index (χ2n) is 4.19. The Morgan fingerprint density at radius 1 is 1.20 bits per heavy atom. The lowest BCUT2D eigenvalue weighted by Crippen LogP contribution is -2.00. The maximum atomic E-state index is 2.40. The van der Waals surface area contributed by atoms with Gasteiger partial charge in [0.1, 0.15) is 0 Å². The number of hydrogen-bond acceptors (Lipinski definition) is 0. The van der Waals surface area contributed by atoms with Crippen LogP contribution in [0.4, 0.5) is 0 Å². The molecule has 0 saturated heterocycles. The van der Waals surface area contributed by atoms with Crippen LogP contribution in [0.25, 0.3) is 0 Å². The topological polar surface area (TPSA) is 0 Å². The first-order chi connectivity index (χ1) is 4.66. The van der Waals surface area contributed by atoms with Crippen LogP contribution in [0.5, 0.6) is 0 Å². The summed E-state index contributed by atoms with van der Waals surface area (Å²) in [5.74, 6) is 4.05. The van der Waals surface area contributed by atoms with Crippen molar-refractivity contribution in [2.45, 2.75) is 40.5 Å². The summed E-state index contributed by atoms with van der Waals surface area (Å²) in [6.45, 7) is 9.41. The lowest BCUT2D eigenvalue weighted by Gasteiger charge is -2.08. The molecule has 0 aliphatic heterocycles. The van der Waals surface area contributed by atoms with Crippen molar-refractivity contribution in [2.24, 2.45) is 23.7 Å². The summed E-state index contributed by atoms with van der Waals surface area (Å²) >= 11 is 0. The van der Waals surface area contributed by atoms with Gasteiger partial charge >= 0.3 is 0 Å². The van der Waals surface area contributed by atoms with E-state index in [1.165, 1.54) is 12.8 Å². The smallest absolute Gasteiger partial charge is 0.0355 e. The Morgan fingerprint density at radius 3 is 2.10 bits per heavy atom. The predicted octanol–water partition coefficient (Wildman–Crippen LogP) is 3.32. The van der Waals surface area contributed by atoms with Gasteiger partial charge in [-0.15, -0.1) is 0 Å². The molecular formula is C10H20. The lowest BCUT2D eigenvalue weighted by atomic mass is 9.98. The zero-order chi connectivity index (χ0) is 7.72. The number of rotatable bonds is 3. The molecule has 0 radical (unpaired) electrons. The van der Waals surface area contributed by atoms with Crippen molar-refractivity contribution in [1.29, 1.82) is 0 Å². The highest BCUT2D eigenvalue weighted by Crippen LogP contribution is 2.49. The van der Waals surface area contributed by atoms with E-state index >= 15 is 0 Å². The van der Waals surface area contributed by atoms with Gasteiger partial charge in [-0.2, -0.15) is 0 Å². The molecule has 0 aromatic carbocycles. The Balaban J connectivity index is 2.24. The van der Waals surface area contributed by atoms with Crippen LogP contribution in [-0.2, 0) is 0 Å². The summed E-state index contributed by atoms with van der Waals surface area (Å²) < 4.78 is 0. The monoisotopic (exact) mass is 140 g/mol. The van der Waals surface area contributed by atoms with E-state index in [2.05, 4.69) is 27.7 Å². The third-order valence-corrected chi connectivity index (χ3v) is 3.12. The van der Waals surface area contributed by atoms with E-state index in [-0.39, 0.29) is 0 Å². The van der Waals surface area contributed by atoms with Crippen molar-refractivity contribution in [3.8, 4) is 0 Å². The highest BCUT2D eigenvalue weighted by molar-refractivity contribution is 4.90. The molecule has 0 nitrogen and oxygen atoms in total. The van der Waals surface area contributed by atoms with Crippen LogP contribution in [0.2, 0.25) is 0 Å². The van der Waals surface area contributed by atoms with Gasteiger partial charge in [-0.05, 0) is 30.1 Å². The molecule has 1 aliphatic rings. The summed E-state index contributed by atoms with van der Waals surface area (Å²) in [4.78, 5) is 0. The van der Waals surface area contributed by atoms with Gasteiger partial charge in [0.25, 0.3) is 0 Å².